The average molecular weight is 249 g/mol. The van der Waals surface area contributed by atoms with E-state index in [0.717, 1.165) is 6.42 Å². The summed E-state index contributed by atoms with van der Waals surface area (Å²) in [6, 6.07) is 2.67. The molecule has 0 aliphatic heterocycles. The molecular weight excluding hydrogens is 237 g/mol. The number of aromatic carboxylic acids is 1. The Labute approximate surface area is 103 Å². The van der Waals surface area contributed by atoms with Crippen molar-refractivity contribution in [2.24, 2.45) is 4.99 Å². The predicted molar refractivity (Wildman–Crippen MR) is 61.7 cm³/mol. The van der Waals surface area contributed by atoms with E-state index in [0.29, 0.717) is 18.4 Å². The van der Waals surface area contributed by atoms with Gasteiger partial charge in [-0.15, -0.1) is 0 Å². The van der Waals surface area contributed by atoms with E-state index in [1.165, 1.54) is 25.1 Å². The van der Waals surface area contributed by atoms with E-state index in [4.69, 9.17) is 5.11 Å². The van der Waals surface area contributed by atoms with E-state index in [-0.39, 0.29) is 11.1 Å². The monoisotopic (exact) mass is 249 g/mol. The lowest BCUT2D eigenvalue weighted by molar-refractivity contribution is 0.0695. The summed E-state index contributed by atoms with van der Waals surface area (Å²) in [4.78, 5) is 25.2. The van der Waals surface area contributed by atoms with Crippen LogP contribution in [0.2, 0.25) is 0 Å². The standard InChI is InChI=1S/C13H12FNO3/c1-8-10(12(17)18)5-9(6-11(8)14)13(15-7-16)3-2-4-13/h5-6H,2-4H2,1H3,(H,17,18). The smallest absolute Gasteiger partial charge is 0.336 e. The second-order valence-corrected chi connectivity index (χ2v) is 4.52. The zero-order valence-electron chi connectivity index (χ0n) is 9.86. The van der Waals surface area contributed by atoms with Crippen LogP contribution in [0.5, 0.6) is 0 Å². The van der Waals surface area contributed by atoms with E-state index < -0.39 is 17.3 Å². The molecule has 0 heterocycles. The summed E-state index contributed by atoms with van der Waals surface area (Å²) in [7, 11) is 0. The van der Waals surface area contributed by atoms with Gasteiger partial charge in [-0.1, -0.05) is 0 Å². The van der Waals surface area contributed by atoms with Crippen molar-refractivity contribution in [1.82, 2.24) is 0 Å². The summed E-state index contributed by atoms with van der Waals surface area (Å²) in [5.74, 6) is -1.77. The fourth-order valence-electron chi connectivity index (χ4n) is 2.23. The SMILES string of the molecule is Cc1c(F)cc(C2(N=C=O)CCC2)cc1C(=O)O. The summed E-state index contributed by atoms with van der Waals surface area (Å²) in [5, 5.41) is 9.03. The molecule has 94 valence electrons. The summed E-state index contributed by atoms with van der Waals surface area (Å²) in [5.41, 5.74) is -0.327. The minimum Gasteiger partial charge on any atom is -0.478 e. The van der Waals surface area contributed by atoms with Gasteiger partial charge in [0.15, 0.2) is 0 Å². The van der Waals surface area contributed by atoms with E-state index in [9.17, 15) is 14.0 Å². The number of rotatable bonds is 3. The van der Waals surface area contributed by atoms with Crippen LogP contribution in [0.4, 0.5) is 4.39 Å². The topological polar surface area (TPSA) is 66.7 Å². The molecular formula is C13H12FNO3. The first-order chi connectivity index (χ1) is 8.50. The number of carbonyl (C=O) groups excluding carboxylic acids is 1. The molecule has 0 unspecified atom stereocenters. The van der Waals surface area contributed by atoms with Crippen molar-refractivity contribution in [3.05, 3.63) is 34.6 Å². The maximum atomic E-state index is 13.7. The number of carboxylic acid groups (broad SMARTS) is 1. The fourth-order valence-corrected chi connectivity index (χ4v) is 2.23. The Morgan fingerprint density at radius 1 is 1.50 bits per heavy atom. The Hall–Kier alpha value is -2.00. The number of hydrogen-bond acceptors (Lipinski definition) is 3. The summed E-state index contributed by atoms with van der Waals surface area (Å²) in [6.07, 6.45) is 3.60. The average Bonchev–Trinajstić information content (AvgIpc) is 2.26. The third kappa shape index (κ3) is 1.83. The third-order valence-electron chi connectivity index (χ3n) is 3.55. The van der Waals surface area contributed by atoms with Crippen molar-refractivity contribution in [2.45, 2.75) is 31.7 Å². The van der Waals surface area contributed by atoms with Gasteiger partial charge < -0.3 is 5.11 Å². The highest BCUT2D eigenvalue weighted by Crippen LogP contribution is 2.45. The van der Waals surface area contributed by atoms with Gasteiger partial charge in [-0.2, -0.15) is 4.99 Å². The van der Waals surface area contributed by atoms with Gasteiger partial charge in [-0.3, -0.25) is 0 Å². The van der Waals surface area contributed by atoms with Crippen molar-refractivity contribution < 1.29 is 19.1 Å². The lowest BCUT2D eigenvalue weighted by Gasteiger charge is -2.37. The lowest BCUT2D eigenvalue weighted by atomic mass is 9.72. The number of nitrogens with zero attached hydrogens (tertiary/aromatic N) is 1. The van der Waals surface area contributed by atoms with Crippen LogP contribution in [0.3, 0.4) is 0 Å². The van der Waals surface area contributed by atoms with Gasteiger partial charge in [0.2, 0.25) is 6.08 Å². The number of halogens is 1. The normalized spacial score (nSPS) is 16.6. The van der Waals surface area contributed by atoms with Crippen LogP contribution in [0.15, 0.2) is 17.1 Å². The minimum atomic E-state index is -1.18. The molecule has 0 saturated heterocycles. The van der Waals surface area contributed by atoms with Crippen molar-refractivity contribution in [3.63, 3.8) is 0 Å². The molecule has 1 saturated carbocycles. The summed E-state index contributed by atoms with van der Waals surface area (Å²) < 4.78 is 13.7. The van der Waals surface area contributed by atoms with Gasteiger partial charge in [0, 0.05) is 0 Å². The van der Waals surface area contributed by atoms with Crippen LogP contribution in [0.25, 0.3) is 0 Å². The quantitative estimate of drug-likeness (QED) is 0.661. The predicted octanol–water partition coefficient (Wildman–Crippen LogP) is 2.55. The van der Waals surface area contributed by atoms with Gasteiger partial charge >= 0.3 is 5.97 Å². The van der Waals surface area contributed by atoms with Gasteiger partial charge in [0.25, 0.3) is 0 Å². The maximum absolute atomic E-state index is 13.7. The Morgan fingerprint density at radius 2 is 2.17 bits per heavy atom. The molecule has 1 aromatic carbocycles. The highest BCUT2D eigenvalue weighted by Gasteiger charge is 2.39. The highest BCUT2D eigenvalue weighted by atomic mass is 19.1. The number of carboxylic acids is 1. The molecule has 5 heteroatoms. The van der Waals surface area contributed by atoms with E-state index in [1.54, 1.807) is 0 Å². The molecule has 1 aromatic rings. The number of carbonyl (C=O) groups is 1. The van der Waals surface area contributed by atoms with Crippen LogP contribution in [-0.2, 0) is 10.3 Å². The maximum Gasteiger partial charge on any atom is 0.336 e. The van der Waals surface area contributed by atoms with Crippen LogP contribution >= 0.6 is 0 Å². The fraction of sp³-hybridized carbons (Fsp3) is 0.385. The van der Waals surface area contributed by atoms with Crippen molar-refractivity contribution >= 4 is 12.0 Å². The molecule has 4 nitrogen and oxygen atoms in total. The van der Waals surface area contributed by atoms with Crippen LogP contribution in [-0.4, -0.2) is 17.2 Å². The van der Waals surface area contributed by atoms with Gasteiger partial charge in [-0.25, -0.2) is 14.0 Å². The number of aliphatic imine (C=N–C) groups is 1. The van der Waals surface area contributed by atoms with Crippen molar-refractivity contribution in [2.75, 3.05) is 0 Å². The second-order valence-electron chi connectivity index (χ2n) is 4.52. The molecule has 18 heavy (non-hydrogen) atoms. The molecule has 0 bridgehead atoms. The van der Waals surface area contributed by atoms with E-state index in [2.05, 4.69) is 4.99 Å². The van der Waals surface area contributed by atoms with Gasteiger partial charge in [0.05, 0.1) is 11.1 Å². The molecule has 0 atom stereocenters. The zero-order chi connectivity index (χ0) is 13.3. The minimum absolute atomic E-state index is 0.0858. The summed E-state index contributed by atoms with van der Waals surface area (Å²) in [6.45, 7) is 1.42. The van der Waals surface area contributed by atoms with Crippen molar-refractivity contribution in [1.29, 1.82) is 0 Å². The molecule has 1 aliphatic rings. The lowest BCUT2D eigenvalue weighted by Crippen LogP contribution is -2.32. The zero-order valence-corrected chi connectivity index (χ0v) is 9.86. The van der Waals surface area contributed by atoms with Crippen LogP contribution in [0, 0.1) is 12.7 Å². The molecule has 1 N–H and O–H groups in total. The molecule has 1 fully saturated rings. The molecule has 0 spiro atoms. The number of benzene rings is 1. The van der Waals surface area contributed by atoms with Crippen LogP contribution < -0.4 is 0 Å². The Kier molecular flexibility index (Phi) is 3.01. The Bertz CT molecular complexity index is 558. The summed E-state index contributed by atoms with van der Waals surface area (Å²) >= 11 is 0. The Balaban J connectivity index is 2.58. The van der Waals surface area contributed by atoms with Gasteiger partial charge in [0.1, 0.15) is 5.82 Å². The molecule has 1 aliphatic carbocycles. The first-order valence-electron chi connectivity index (χ1n) is 5.63. The first kappa shape index (κ1) is 12.5. The third-order valence-corrected chi connectivity index (χ3v) is 3.55. The molecule has 0 amide bonds. The molecule has 0 aromatic heterocycles. The number of isocyanates is 1. The Morgan fingerprint density at radius 3 is 2.61 bits per heavy atom. The van der Waals surface area contributed by atoms with Crippen LogP contribution in [0.1, 0.15) is 40.7 Å². The second kappa shape index (κ2) is 4.35. The molecule has 0 radical (unpaired) electrons. The van der Waals surface area contributed by atoms with E-state index in [1.807, 2.05) is 0 Å². The van der Waals surface area contributed by atoms with Crippen molar-refractivity contribution in [3.8, 4) is 0 Å². The highest BCUT2D eigenvalue weighted by molar-refractivity contribution is 5.89. The first-order valence-corrected chi connectivity index (χ1v) is 5.63. The van der Waals surface area contributed by atoms with Gasteiger partial charge in [-0.05, 0) is 49.4 Å². The largest absolute Gasteiger partial charge is 0.478 e. The molecule has 2 rings (SSSR count). The van der Waals surface area contributed by atoms with E-state index >= 15 is 0 Å². The number of hydrogen-bond donors (Lipinski definition) is 1.